The van der Waals surface area contributed by atoms with Crippen LogP contribution >= 0.6 is 24.0 Å². The summed E-state index contributed by atoms with van der Waals surface area (Å²) in [5.41, 5.74) is 1.76. The van der Waals surface area contributed by atoms with Crippen molar-refractivity contribution in [2.24, 2.45) is 0 Å². The van der Waals surface area contributed by atoms with E-state index in [1.54, 1.807) is 55.7 Å². The number of amides is 1. The van der Waals surface area contributed by atoms with Crippen molar-refractivity contribution in [3.05, 3.63) is 58.5 Å². The van der Waals surface area contributed by atoms with E-state index in [2.05, 4.69) is 4.74 Å². The van der Waals surface area contributed by atoms with Gasteiger partial charge in [-0.05, 0) is 35.9 Å². The van der Waals surface area contributed by atoms with E-state index in [-0.39, 0.29) is 5.91 Å². The lowest BCUT2D eigenvalue weighted by Gasteiger charge is -2.18. The first kappa shape index (κ1) is 19.9. The number of carbonyl (C=O) groups excluding carboxylic acids is 2. The van der Waals surface area contributed by atoms with Crippen LogP contribution in [-0.2, 0) is 9.53 Å². The largest absolute Gasteiger partial charge is 0.497 e. The molecule has 3 rings (SSSR count). The van der Waals surface area contributed by atoms with E-state index in [9.17, 15) is 9.59 Å². The van der Waals surface area contributed by atoms with Crippen molar-refractivity contribution in [1.82, 2.24) is 0 Å². The molecule has 0 aliphatic carbocycles. The lowest BCUT2D eigenvalue weighted by molar-refractivity contribution is -0.113. The van der Waals surface area contributed by atoms with E-state index in [1.807, 2.05) is 0 Å². The van der Waals surface area contributed by atoms with Gasteiger partial charge in [0.25, 0.3) is 5.91 Å². The zero-order valence-electron chi connectivity index (χ0n) is 15.4. The number of esters is 1. The minimum absolute atomic E-state index is 0.240. The molecule has 0 atom stereocenters. The predicted octanol–water partition coefficient (Wildman–Crippen LogP) is 3.90. The molecular weight excluding hydrogens is 398 g/mol. The van der Waals surface area contributed by atoms with Crippen molar-refractivity contribution < 1.29 is 23.8 Å². The first-order valence-electron chi connectivity index (χ1n) is 8.17. The summed E-state index contributed by atoms with van der Waals surface area (Å²) in [7, 11) is 4.41. The van der Waals surface area contributed by atoms with E-state index in [1.165, 1.54) is 30.9 Å². The number of nitrogens with zero attached hydrogens (tertiary/aromatic N) is 1. The molecule has 0 aromatic heterocycles. The highest BCUT2D eigenvalue weighted by atomic mass is 32.2. The number of hydrogen-bond acceptors (Lipinski definition) is 7. The zero-order chi connectivity index (χ0) is 20.3. The summed E-state index contributed by atoms with van der Waals surface area (Å²) in [6, 6.07) is 11.9. The van der Waals surface area contributed by atoms with Crippen LogP contribution in [0.3, 0.4) is 0 Å². The SMILES string of the molecule is COC(=O)c1ccc(C=C2SC(=S)N(c3ccc(OC)cc3OC)C2=O)cc1. The van der Waals surface area contributed by atoms with Crippen molar-refractivity contribution in [3.63, 3.8) is 0 Å². The Labute approximate surface area is 172 Å². The molecule has 6 nitrogen and oxygen atoms in total. The number of benzene rings is 2. The molecular formula is C20H17NO5S2. The molecule has 1 fully saturated rings. The van der Waals surface area contributed by atoms with Crippen LogP contribution in [0.4, 0.5) is 5.69 Å². The van der Waals surface area contributed by atoms with Crippen molar-refractivity contribution in [2.75, 3.05) is 26.2 Å². The third-order valence-electron chi connectivity index (χ3n) is 4.05. The van der Waals surface area contributed by atoms with E-state index in [0.29, 0.717) is 32.0 Å². The number of rotatable bonds is 5. The number of anilines is 1. The fraction of sp³-hybridized carbons (Fsp3) is 0.150. The van der Waals surface area contributed by atoms with Gasteiger partial charge >= 0.3 is 5.97 Å². The Bertz CT molecular complexity index is 969. The molecule has 144 valence electrons. The fourth-order valence-corrected chi connectivity index (χ4v) is 3.91. The second-order valence-electron chi connectivity index (χ2n) is 5.67. The maximum atomic E-state index is 13.0. The van der Waals surface area contributed by atoms with Crippen LogP contribution < -0.4 is 14.4 Å². The Morgan fingerprint density at radius 1 is 1.07 bits per heavy atom. The molecule has 1 aliphatic heterocycles. The Kier molecular flexibility index (Phi) is 6.01. The summed E-state index contributed by atoms with van der Waals surface area (Å²) < 4.78 is 15.7. The Balaban J connectivity index is 1.90. The van der Waals surface area contributed by atoms with Gasteiger partial charge in [0.05, 0.1) is 37.5 Å². The highest BCUT2D eigenvalue weighted by Crippen LogP contribution is 2.41. The van der Waals surface area contributed by atoms with Crippen LogP contribution in [0.2, 0.25) is 0 Å². The minimum atomic E-state index is -0.413. The van der Waals surface area contributed by atoms with Gasteiger partial charge in [0.1, 0.15) is 11.5 Å². The maximum absolute atomic E-state index is 13.0. The molecule has 2 aromatic carbocycles. The summed E-state index contributed by atoms with van der Waals surface area (Å²) in [5, 5.41) is 0. The summed E-state index contributed by atoms with van der Waals surface area (Å²) in [6.45, 7) is 0. The van der Waals surface area contributed by atoms with Gasteiger partial charge in [-0.2, -0.15) is 0 Å². The third kappa shape index (κ3) is 3.88. The number of thiocarbonyl (C=S) groups is 1. The fourth-order valence-electron chi connectivity index (χ4n) is 2.63. The number of carbonyl (C=O) groups is 2. The van der Waals surface area contributed by atoms with Gasteiger partial charge in [-0.15, -0.1) is 0 Å². The normalized spacial score (nSPS) is 15.1. The van der Waals surface area contributed by atoms with Crippen molar-refractivity contribution in [3.8, 4) is 11.5 Å². The second-order valence-corrected chi connectivity index (χ2v) is 7.34. The third-order valence-corrected chi connectivity index (χ3v) is 5.35. The Morgan fingerprint density at radius 3 is 2.39 bits per heavy atom. The molecule has 1 heterocycles. The van der Waals surface area contributed by atoms with Gasteiger partial charge in [-0.1, -0.05) is 36.1 Å². The average Bonchev–Trinajstić information content (AvgIpc) is 3.00. The molecule has 1 saturated heterocycles. The monoisotopic (exact) mass is 415 g/mol. The highest BCUT2D eigenvalue weighted by molar-refractivity contribution is 8.27. The number of hydrogen-bond donors (Lipinski definition) is 0. The van der Waals surface area contributed by atoms with E-state index >= 15 is 0 Å². The van der Waals surface area contributed by atoms with E-state index in [0.717, 1.165) is 5.56 Å². The van der Waals surface area contributed by atoms with Gasteiger partial charge in [-0.3, -0.25) is 9.69 Å². The number of ether oxygens (including phenoxy) is 3. The topological polar surface area (TPSA) is 65.1 Å². The van der Waals surface area contributed by atoms with Crippen molar-refractivity contribution >= 4 is 51.9 Å². The summed E-state index contributed by atoms with van der Waals surface area (Å²) in [4.78, 5) is 26.4. The lowest BCUT2D eigenvalue weighted by atomic mass is 10.1. The molecule has 0 unspecified atom stereocenters. The van der Waals surface area contributed by atoms with Gasteiger partial charge in [-0.25, -0.2) is 4.79 Å². The van der Waals surface area contributed by atoms with E-state index in [4.69, 9.17) is 21.7 Å². The quantitative estimate of drug-likeness (QED) is 0.417. The first-order chi connectivity index (χ1) is 13.5. The standard InChI is InChI=1S/C20H17NO5S2/c1-24-14-8-9-15(16(11-14)25-2)21-18(22)17(28-20(21)27)10-12-4-6-13(7-5-12)19(23)26-3/h4-11H,1-3H3. The summed E-state index contributed by atoms with van der Waals surface area (Å²) >= 11 is 6.62. The first-order valence-corrected chi connectivity index (χ1v) is 9.39. The molecule has 0 bridgehead atoms. The Morgan fingerprint density at radius 2 is 1.79 bits per heavy atom. The molecule has 1 aliphatic rings. The van der Waals surface area contributed by atoms with Gasteiger partial charge in [0, 0.05) is 6.07 Å². The molecule has 0 spiro atoms. The van der Waals surface area contributed by atoms with Gasteiger partial charge < -0.3 is 14.2 Å². The van der Waals surface area contributed by atoms with Crippen LogP contribution in [0.5, 0.6) is 11.5 Å². The van der Waals surface area contributed by atoms with E-state index < -0.39 is 5.97 Å². The molecule has 8 heteroatoms. The van der Waals surface area contributed by atoms with Crippen LogP contribution in [0.15, 0.2) is 47.4 Å². The van der Waals surface area contributed by atoms with Crippen molar-refractivity contribution in [1.29, 1.82) is 0 Å². The zero-order valence-corrected chi connectivity index (χ0v) is 17.1. The molecule has 0 radical (unpaired) electrons. The van der Waals surface area contributed by atoms with Crippen LogP contribution in [-0.4, -0.2) is 37.5 Å². The molecule has 28 heavy (non-hydrogen) atoms. The molecule has 1 amide bonds. The van der Waals surface area contributed by atoms with Crippen molar-refractivity contribution in [2.45, 2.75) is 0 Å². The highest BCUT2D eigenvalue weighted by Gasteiger charge is 2.35. The molecule has 0 N–H and O–H groups in total. The lowest BCUT2D eigenvalue weighted by Crippen LogP contribution is -2.27. The van der Waals surface area contributed by atoms with Crippen LogP contribution in [0, 0.1) is 0 Å². The number of thioether (sulfide) groups is 1. The predicted molar refractivity (Wildman–Crippen MR) is 113 cm³/mol. The minimum Gasteiger partial charge on any atom is -0.497 e. The van der Waals surface area contributed by atoms with Crippen LogP contribution in [0.25, 0.3) is 6.08 Å². The van der Waals surface area contributed by atoms with Gasteiger partial charge in [0.15, 0.2) is 4.32 Å². The second kappa shape index (κ2) is 8.45. The molecule has 2 aromatic rings. The van der Waals surface area contributed by atoms with Crippen LogP contribution in [0.1, 0.15) is 15.9 Å². The van der Waals surface area contributed by atoms with Gasteiger partial charge in [0.2, 0.25) is 0 Å². The molecule has 0 saturated carbocycles. The Hall–Kier alpha value is -2.84. The smallest absolute Gasteiger partial charge is 0.337 e. The summed E-state index contributed by atoms with van der Waals surface area (Å²) in [5.74, 6) is 0.451. The number of methoxy groups -OCH3 is 3. The average molecular weight is 415 g/mol. The maximum Gasteiger partial charge on any atom is 0.337 e. The summed E-state index contributed by atoms with van der Waals surface area (Å²) in [6.07, 6.45) is 1.73.